The van der Waals surface area contributed by atoms with Crippen LogP contribution in [0.1, 0.15) is 0 Å². The summed E-state index contributed by atoms with van der Waals surface area (Å²) in [7, 11) is 0. The molecule has 0 amide bonds. The maximum absolute atomic E-state index is 11.3. The molecule has 0 radical (unpaired) electrons. The van der Waals surface area contributed by atoms with Gasteiger partial charge in [0.1, 0.15) is 5.69 Å². The fourth-order valence-electron chi connectivity index (χ4n) is 1.15. The molecule has 0 atom stereocenters. The number of H-pyrrole nitrogens is 1. The van der Waals surface area contributed by atoms with E-state index in [9.17, 15) is 9.70 Å². The van der Waals surface area contributed by atoms with Gasteiger partial charge in [-0.05, 0) is 17.3 Å². The molecule has 0 aliphatic carbocycles. The van der Waals surface area contributed by atoms with E-state index in [4.69, 9.17) is 11.6 Å². The quantitative estimate of drug-likeness (QED) is 0.730. The highest BCUT2D eigenvalue weighted by atomic mass is 35.5. The predicted molar refractivity (Wildman–Crippen MR) is 52.8 cm³/mol. The molecule has 0 saturated heterocycles. The predicted octanol–water partition coefficient (Wildman–Crippen LogP) is 1.97. The van der Waals surface area contributed by atoms with Crippen molar-refractivity contribution >= 4 is 28.2 Å². The molecule has 0 spiro atoms. The number of rotatable bonds is 1. The van der Waals surface area contributed by atoms with E-state index in [1.807, 2.05) is 0 Å². The number of nitrogens with one attached hydrogen (secondary N) is 1. The number of hydrogen-bond donors (Lipinski definition) is 1. The van der Waals surface area contributed by atoms with E-state index in [0.29, 0.717) is 10.9 Å². The van der Waals surface area contributed by atoms with Crippen LogP contribution in [-0.2, 0) is 0 Å². The molecule has 1 heterocycles. The number of hydrogen-bond acceptors (Lipinski definition) is 4. The van der Waals surface area contributed by atoms with Crippen molar-refractivity contribution in [2.75, 3.05) is 0 Å². The minimum Gasteiger partial charge on any atom is -0.313 e. The Kier molecular flexibility index (Phi) is 2.01. The first-order valence-corrected chi connectivity index (χ1v) is 4.10. The Morgan fingerprint density at radius 2 is 2.21 bits per heavy atom. The number of fused-ring (bicyclic) bond motifs is 1. The van der Waals surface area contributed by atoms with Crippen LogP contribution < -0.4 is 5.56 Å². The van der Waals surface area contributed by atoms with E-state index in [-0.39, 0.29) is 16.3 Å². The van der Waals surface area contributed by atoms with Crippen molar-refractivity contribution in [3.8, 4) is 0 Å². The molecule has 0 aliphatic rings. The van der Waals surface area contributed by atoms with Gasteiger partial charge in [0.25, 0.3) is 5.56 Å². The van der Waals surface area contributed by atoms with Crippen molar-refractivity contribution in [2.24, 2.45) is 5.18 Å². The molecule has 0 unspecified atom stereocenters. The van der Waals surface area contributed by atoms with Crippen LogP contribution in [0, 0.1) is 4.91 Å². The maximum Gasteiger partial charge on any atom is 0.258 e. The first-order valence-electron chi connectivity index (χ1n) is 3.72. The molecule has 0 fully saturated rings. The minimum absolute atomic E-state index is 0.0395. The van der Waals surface area contributed by atoms with E-state index in [0.717, 1.165) is 0 Å². The lowest BCUT2D eigenvalue weighted by molar-refractivity contribution is 1.17. The fourth-order valence-corrected chi connectivity index (χ4v) is 1.34. The lowest BCUT2D eigenvalue weighted by atomic mass is 10.2. The summed E-state index contributed by atoms with van der Waals surface area (Å²) in [5.74, 6) is 0. The third kappa shape index (κ3) is 1.27. The van der Waals surface area contributed by atoms with E-state index in [1.165, 1.54) is 18.5 Å². The smallest absolute Gasteiger partial charge is 0.258 e. The zero-order chi connectivity index (χ0) is 10.1. The van der Waals surface area contributed by atoms with Gasteiger partial charge >= 0.3 is 0 Å². The molecule has 2 rings (SSSR count). The van der Waals surface area contributed by atoms with E-state index in [2.05, 4.69) is 15.1 Å². The van der Waals surface area contributed by atoms with Gasteiger partial charge in [-0.2, -0.15) is 0 Å². The minimum atomic E-state index is -0.323. The number of aromatic amines is 1. The van der Waals surface area contributed by atoms with Crippen molar-refractivity contribution in [2.45, 2.75) is 0 Å². The SMILES string of the molecule is O=Nc1cc2c(=O)[nH]cnc2cc1Cl. The van der Waals surface area contributed by atoms with E-state index in [1.54, 1.807) is 0 Å². The molecule has 1 N–H and O–H groups in total. The lowest BCUT2D eigenvalue weighted by Crippen LogP contribution is -2.05. The van der Waals surface area contributed by atoms with Crippen molar-refractivity contribution in [1.29, 1.82) is 0 Å². The Hall–Kier alpha value is -1.75. The van der Waals surface area contributed by atoms with Gasteiger partial charge < -0.3 is 4.98 Å². The largest absolute Gasteiger partial charge is 0.313 e. The van der Waals surface area contributed by atoms with Crippen LogP contribution in [0.5, 0.6) is 0 Å². The number of aromatic nitrogens is 2. The molecule has 1 aromatic heterocycles. The normalized spacial score (nSPS) is 10.4. The summed E-state index contributed by atoms with van der Waals surface area (Å²) in [6.45, 7) is 0. The van der Waals surface area contributed by atoms with Crippen molar-refractivity contribution in [1.82, 2.24) is 9.97 Å². The van der Waals surface area contributed by atoms with E-state index >= 15 is 0 Å². The summed E-state index contributed by atoms with van der Waals surface area (Å²) in [6, 6.07) is 2.75. The molecule has 6 heteroatoms. The first kappa shape index (κ1) is 8.83. The van der Waals surface area contributed by atoms with Gasteiger partial charge in [0.05, 0.1) is 22.3 Å². The van der Waals surface area contributed by atoms with Crippen LogP contribution >= 0.6 is 11.6 Å². The summed E-state index contributed by atoms with van der Waals surface area (Å²) < 4.78 is 0. The zero-order valence-corrected chi connectivity index (χ0v) is 7.58. The molecule has 70 valence electrons. The third-order valence-electron chi connectivity index (χ3n) is 1.81. The highest BCUT2D eigenvalue weighted by molar-refractivity contribution is 6.33. The van der Waals surface area contributed by atoms with Gasteiger partial charge in [-0.15, -0.1) is 4.91 Å². The average Bonchev–Trinajstić information content (AvgIpc) is 2.17. The van der Waals surface area contributed by atoms with Crippen LogP contribution in [0.25, 0.3) is 10.9 Å². The maximum atomic E-state index is 11.3. The van der Waals surface area contributed by atoms with Crippen LogP contribution in [0.15, 0.2) is 28.4 Å². The van der Waals surface area contributed by atoms with Crippen molar-refractivity contribution in [3.05, 3.63) is 38.7 Å². The van der Waals surface area contributed by atoms with Gasteiger partial charge in [-0.3, -0.25) is 4.79 Å². The molecular formula is C8H4ClN3O2. The summed E-state index contributed by atoms with van der Waals surface area (Å²) >= 11 is 5.71. The Balaban J connectivity index is 2.94. The third-order valence-corrected chi connectivity index (χ3v) is 2.11. The number of nitroso groups, excluding NO2 is 1. The Morgan fingerprint density at radius 1 is 1.43 bits per heavy atom. The molecule has 0 bridgehead atoms. The molecule has 2 aromatic rings. The van der Waals surface area contributed by atoms with Crippen LogP contribution in [-0.4, -0.2) is 9.97 Å². The summed E-state index contributed by atoms with van der Waals surface area (Å²) in [5, 5.41) is 3.18. The molecule has 0 saturated carbocycles. The van der Waals surface area contributed by atoms with Gasteiger partial charge in [0.2, 0.25) is 0 Å². The van der Waals surface area contributed by atoms with Crippen LogP contribution in [0.3, 0.4) is 0 Å². The van der Waals surface area contributed by atoms with Gasteiger partial charge in [-0.25, -0.2) is 4.98 Å². The van der Waals surface area contributed by atoms with Gasteiger partial charge in [0, 0.05) is 0 Å². The topological polar surface area (TPSA) is 75.2 Å². The molecule has 5 nitrogen and oxygen atoms in total. The number of halogens is 1. The molecule has 1 aromatic carbocycles. The fraction of sp³-hybridized carbons (Fsp3) is 0. The summed E-state index contributed by atoms with van der Waals surface area (Å²) in [5.41, 5.74) is 0.153. The number of benzene rings is 1. The van der Waals surface area contributed by atoms with Crippen molar-refractivity contribution < 1.29 is 0 Å². The zero-order valence-electron chi connectivity index (χ0n) is 6.82. The average molecular weight is 210 g/mol. The monoisotopic (exact) mass is 209 g/mol. The standard InChI is InChI=1S/C8H4ClN3O2/c9-5-2-6-4(1-7(5)12-14)8(13)11-3-10-6/h1-3H,(H,10,11,13). The van der Waals surface area contributed by atoms with Gasteiger partial charge in [0.15, 0.2) is 0 Å². The van der Waals surface area contributed by atoms with Crippen molar-refractivity contribution in [3.63, 3.8) is 0 Å². The Labute approximate surface area is 82.7 Å². The Bertz CT molecular complexity index is 564. The summed E-state index contributed by atoms with van der Waals surface area (Å²) in [6.07, 6.45) is 1.27. The number of nitrogens with zero attached hydrogens (tertiary/aromatic N) is 2. The first-order chi connectivity index (χ1) is 6.72. The van der Waals surface area contributed by atoms with Crippen LogP contribution in [0.2, 0.25) is 5.02 Å². The summed E-state index contributed by atoms with van der Waals surface area (Å²) in [4.78, 5) is 27.9. The lowest BCUT2D eigenvalue weighted by Gasteiger charge is -1.97. The van der Waals surface area contributed by atoms with Gasteiger partial charge in [-0.1, -0.05) is 11.6 Å². The highest BCUT2D eigenvalue weighted by Gasteiger charge is 2.06. The Morgan fingerprint density at radius 3 is 2.93 bits per heavy atom. The second kappa shape index (κ2) is 3.19. The van der Waals surface area contributed by atoms with E-state index < -0.39 is 0 Å². The highest BCUT2D eigenvalue weighted by Crippen LogP contribution is 2.27. The van der Waals surface area contributed by atoms with Crippen LogP contribution in [0.4, 0.5) is 5.69 Å². The molecule has 14 heavy (non-hydrogen) atoms. The second-order valence-electron chi connectivity index (χ2n) is 2.64. The molecule has 0 aliphatic heterocycles. The molecular weight excluding hydrogens is 206 g/mol. The second-order valence-corrected chi connectivity index (χ2v) is 3.05.